The molecule has 0 unspecified atom stereocenters. The Morgan fingerprint density at radius 3 is 2.39 bits per heavy atom. The quantitative estimate of drug-likeness (QED) is 0.178. The number of rotatable bonds is 8. The van der Waals surface area contributed by atoms with E-state index in [2.05, 4.69) is 47.4 Å². The fourth-order valence-corrected chi connectivity index (χ4v) is 4.65. The molecule has 0 atom stereocenters. The molecule has 0 N–H and O–H groups in total. The van der Waals surface area contributed by atoms with Gasteiger partial charge in [-0.05, 0) is 91.7 Å². The maximum Gasteiger partial charge on any atom is 0.187 e. The highest BCUT2D eigenvalue weighted by molar-refractivity contribution is 7.98. The van der Waals surface area contributed by atoms with Gasteiger partial charge in [0.05, 0.1) is 36.2 Å². The van der Waals surface area contributed by atoms with Crippen molar-refractivity contribution in [1.82, 2.24) is 19.6 Å². The van der Waals surface area contributed by atoms with E-state index in [-0.39, 0.29) is 0 Å². The highest BCUT2D eigenvalue weighted by atomic mass is 32.2. The summed E-state index contributed by atoms with van der Waals surface area (Å²) in [6, 6.07) is 24.5. The van der Waals surface area contributed by atoms with Gasteiger partial charge in [0.1, 0.15) is 17.2 Å². The molecule has 1 saturated carbocycles. The molecule has 6 rings (SSSR count). The number of nitrogens with zero attached hydrogens (tertiary/aromatic N) is 4. The van der Waals surface area contributed by atoms with Crippen LogP contribution in [0.3, 0.4) is 0 Å². The zero-order chi connectivity index (χ0) is 24.5. The van der Waals surface area contributed by atoms with Crippen molar-refractivity contribution in [1.29, 1.82) is 0 Å². The fraction of sp³-hybridized carbons (Fsp3) is 0.207. The van der Waals surface area contributed by atoms with E-state index < -0.39 is 0 Å². The van der Waals surface area contributed by atoms with Gasteiger partial charge in [0.2, 0.25) is 0 Å². The molecule has 0 spiro atoms. The summed E-state index contributed by atoms with van der Waals surface area (Å²) < 4.78 is 13.3. The summed E-state index contributed by atoms with van der Waals surface area (Å²) in [4.78, 5) is 9.20. The summed E-state index contributed by atoms with van der Waals surface area (Å²) in [5.41, 5.74) is 6.74. The number of aromatic nitrogens is 4. The predicted molar refractivity (Wildman–Crippen MR) is 144 cm³/mol. The Kier molecular flexibility index (Phi) is 6.07. The third-order valence-electron chi connectivity index (χ3n) is 6.43. The Morgan fingerprint density at radius 2 is 1.67 bits per heavy atom. The molecular weight excluding hydrogens is 468 g/mol. The molecule has 7 heteroatoms. The van der Waals surface area contributed by atoms with E-state index in [0.29, 0.717) is 0 Å². The van der Waals surface area contributed by atoms with Crippen molar-refractivity contribution in [2.75, 3.05) is 20.0 Å². The first-order valence-electron chi connectivity index (χ1n) is 12.0. The first kappa shape index (κ1) is 22.6. The lowest BCUT2D eigenvalue weighted by Gasteiger charge is -2.07. The minimum atomic E-state index is 0.717. The molecule has 0 aliphatic heterocycles. The Hall–Kier alpha value is -3.84. The van der Waals surface area contributed by atoms with Crippen LogP contribution in [0.5, 0.6) is 11.5 Å². The Morgan fingerprint density at radius 1 is 0.917 bits per heavy atom. The monoisotopic (exact) mass is 494 g/mol. The van der Waals surface area contributed by atoms with Crippen molar-refractivity contribution >= 4 is 17.3 Å². The van der Waals surface area contributed by atoms with Crippen LogP contribution in [-0.4, -0.2) is 39.6 Å². The van der Waals surface area contributed by atoms with E-state index in [1.807, 2.05) is 47.3 Å². The zero-order valence-corrected chi connectivity index (χ0v) is 21.0. The van der Waals surface area contributed by atoms with E-state index in [9.17, 15) is 0 Å². The number of fused-ring (bicyclic) bond motifs is 1. The average molecular weight is 495 g/mol. The minimum absolute atomic E-state index is 0.717. The number of thioether (sulfide) groups is 1. The van der Waals surface area contributed by atoms with Gasteiger partial charge in [0.25, 0.3) is 0 Å². The van der Waals surface area contributed by atoms with Crippen molar-refractivity contribution in [3.8, 4) is 45.3 Å². The van der Waals surface area contributed by atoms with Gasteiger partial charge in [-0.2, -0.15) is 5.10 Å². The molecular formula is C29H26N4O2S. The number of hydrogen-bond acceptors (Lipinski definition) is 6. The molecule has 0 saturated heterocycles. The third kappa shape index (κ3) is 4.42. The summed E-state index contributed by atoms with van der Waals surface area (Å²) in [6.45, 7) is 0.794. The van der Waals surface area contributed by atoms with Gasteiger partial charge >= 0.3 is 0 Å². The third-order valence-corrected chi connectivity index (χ3v) is 6.99. The summed E-state index contributed by atoms with van der Waals surface area (Å²) in [5.74, 6) is 2.43. The maximum atomic E-state index is 5.96. The predicted octanol–water partition coefficient (Wildman–Crippen LogP) is 6.64. The minimum Gasteiger partial charge on any atom is -0.497 e. The Labute approximate surface area is 214 Å². The van der Waals surface area contributed by atoms with E-state index in [1.165, 1.54) is 24.6 Å². The highest BCUT2D eigenvalue weighted by Gasteiger charge is 2.22. The van der Waals surface area contributed by atoms with E-state index >= 15 is 0 Å². The molecule has 0 bridgehead atoms. The first-order valence-corrected chi connectivity index (χ1v) is 13.2. The lowest BCUT2D eigenvalue weighted by Crippen LogP contribution is -1.98. The van der Waals surface area contributed by atoms with Crippen LogP contribution in [0.4, 0.5) is 0 Å². The molecule has 3 aromatic heterocycles. The Bertz CT molecular complexity index is 1510. The van der Waals surface area contributed by atoms with E-state index in [4.69, 9.17) is 19.6 Å². The number of hydrogen-bond donors (Lipinski definition) is 0. The number of methoxy groups -OCH3 is 1. The lowest BCUT2D eigenvalue weighted by molar-refractivity contribution is 0.300. The van der Waals surface area contributed by atoms with Crippen LogP contribution in [-0.2, 0) is 0 Å². The summed E-state index contributed by atoms with van der Waals surface area (Å²) in [7, 11) is 1.68. The van der Waals surface area contributed by atoms with Crippen LogP contribution >= 0.6 is 11.8 Å². The summed E-state index contributed by atoms with van der Waals surface area (Å²) in [6.07, 6.45) is 6.34. The first-order chi connectivity index (χ1) is 17.7. The number of benzene rings is 2. The van der Waals surface area contributed by atoms with Gasteiger partial charge in [-0.3, -0.25) is 0 Å². The van der Waals surface area contributed by atoms with Crippen LogP contribution in [0.25, 0.3) is 39.3 Å². The van der Waals surface area contributed by atoms with Crippen LogP contribution < -0.4 is 9.47 Å². The van der Waals surface area contributed by atoms with Crippen molar-refractivity contribution in [3.05, 3.63) is 79.0 Å². The molecule has 36 heavy (non-hydrogen) atoms. The SMILES string of the molecule is COc1ccc(-c2cccc3c(-c4ccnc(SC)n4)c(-c4ccc(OCC5CC5)cc4)nn23)cc1. The molecule has 180 valence electrons. The summed E-state index contributed by atoms with van der Waals surface area (Å²) in [5, 5.41) is 5.85. The van der Waals surface area contributed by atoms with Gasteiger partial charge in [0.15, 0.2) is 5.16 Å². The molecule has 1 aliphatic carbocycles. The van der Waals surface area contributed by atoms with Crippen molar-refractivity contribution in [3.63, 3.8) is 0 Å². The zero-order valence-electron chi connectivity index (χ0n) is 20.2. The standard InChI is InChI=1S/C29H26N4O2S/c1-34-22-12-8-20(9-13-22)25-4-3-5-26-27(24-16-17-30-29(31-24)36-2)28(32-33(25)26)21-10-14-23(15-11-21)35-18-19-6-7-19/h3-5,8-17,19H,6-7,18H2,1-2H3. The smallest absolute Gasteiger partial charge is 0.187 e. The van der Waals surface area contributed by atoms with Crippen LogP contribution in [0.2, 0.25) is 0 Å². The van der Waals surface area contributed by atoms with Gasteiger partial charge in [-0.1, -0.05) is 17.8 Å². The molecule has 6 nitrogen and oxygen atoms in total. The van der Waals surface area contributed by atoms with E-state index in [0.717, 1.165) is 68.5 Å². The van der Waals surface area contributed by atoms with Crippen LogP contribution in [0.15, 0.2) is 84.1 Å². The van der Waals surface area contributed by atoms with Crippen LogP contribution in [0.1, 0.15) is 12.8 Å². The van der Waals surface area contributed by atoms with Crippen molar-refractivity contribution in [2.45, 2.75) is 18.0 Å². The van der Waals surface area contributed by atoms with E-state index in [1.54, 1.807) is 7.11 Å². The second kappa shape index (κ2) is 9.66. The molecule has 5 aromatic rings. The number of ether oxygens (including phenoxy) is 2. The molecule has 1 aliphatic rings. The van der Waals surface area contributed by atoms with Crippen molar-refractivity contribution < 1.29 is 9.47 Å². The molecule has 0 radical (unpaired) electrons. The fourth-order valence-electron chi connectivity index (χ4n) is 4.29. The normalized spacial score (nSPS) is 13.2. The van der Waals surface area contributed by atoms with Crippen LogP contribution in [0, 0.1) is 5.92 Å². The largest absolute Gasteiger partial charge is 0.497 e. The summed E-state index contributed by atoms with van der Waals surface area (Å²) >= 11 is 1.53. The molecule has 2 aromatic carbocycles. The lowest BCUT2D eigenvalue weighted by atomic mass is 10.0. The second-order valence-electron chi connectivity index (χ2n) is 8.87. The topological polar surface area (TPSA) is 61.5 Å². The highest BCUT2D eigenvalue weighted by Crippen LogP contribution is 2.37. The molecule has 3 heterocycles. The van der Waals surface area contributed by atoms with Gasteiger partial charge in [-0.25, -0.2) is 14.5 Å². The molecule has 1 fully saturated rings. The van der Waals surface area contributed by atoms with Gasteiger partial charge in [-0.15, -0.1) is 0 Å². The average Bonchev–Trinajstić information content (AvgIpc) is 3.69. The van der Waals surface area contributed by atoms with Gasteiger partial charge in [0, 0.05) is 17.3 Å². The molecule has 0 amide bonds. The Balaban J connectivity index is 1.50. The second-order valence-corrected chi connectivity index (χ2v) is 9.64. The maximum absolute atomic E-state index is 5.96. The van der Waals surface area contributed by atoms with Gasteiger partial charge < -0.3 is 9.47 Å². The van der Waals surface area contributed by atoms with Crippen molar-refractivity contribution in [2.24, 2.45) is 5.92 Å². The number of pyridine rings is 1.